The molecule has 2 atom stereocenters. The van der Waals surface area contributed by atoms with Gasteiger partial charge in [0.2, 0.25) is 0 Å². The Morgan fingerprint density at radius 3 is 1.47 bits per heavy atom. The van der Waals surface area contributed by atoms with Crippen LogP contribution in [-0.2, 0) is 0 Å². The van der Waals surface area contributed by atoms with E-state index in [-0.39, 0.29) is 0 Å². The highest BCUT2D eigenvalue weighted by Gasteiger charge is 2.12. The minimum absolute atomic E-state index is 0.335. The van der Waals surface area contributed by atoms with Gasteiger partial charge >= 0.3 is 0 Å². The van der Waals surface area contributed by atoms with Crippen molar-refractivity contribution in [3.05, 3.63) is 138 Å². The highest BCUT2D eigenvalue weighted by Crippen LogP contribution is 2.31. The molecule has 2 aliphatic rings. The van der Waals surface area contributed by atoms with Crippen LogP contribution in [0.25, 0.3) is 22.3 Å². The molecule has 0 aliphatic heterocycles. The molecule has 3 nitrogen and oxygen atoms in total. The summed E-state index contributed by atoms with van der Waals surface area (Å²) >= 11 is 0. The lowest BCUT2D eigenvalue weighted by molar-refractivity contribution is 0.945. The molecule has 0 spiro atoms. The van der Waals surface area contributed by atoms with E-state index in [1.165, 1.54) is 11.1 Å². The van der Waals surface area contributed by atoms with Gasteiger partial charge < -0.3 is 0 Å². The van der Waals surface area contributed by atoms with Crippen LogP contribution in [0.4, 0.5) is 0 Å². The van der Waals surface area contributed by atoms with E-state index < -0.39 is 0 Å². The topological polar surface area (TPSA) is 38.7 Å². The Kier molecular flexibility index (Phi) is 6.26. The van der Waals surface area contributed by atoms with Gasteiger partial charge in [-0.3, -0.25) is 15.0 Å². The summed E-state index contributed by atoms with van der Waals surface area (Å²) in [7, 11) is 0. The van der Waals surface area contributed by atoms with Crippen molar-refractivity contribution in [3.63, 3.8) is 0 Å². The van der Waals surface area contributed by atoms with E-state index in [9.17, 15) is 0 Å². The predicted octanol–water partition coefficient (Wildman–Crippen LogP) is 7.22. The van der Waals surface area contributed by atoms with E-state index in [1.54, 1.807) is 0 Å². The molecule has 166 valence electrons. The van der Waals surface area contributed by atoms with Crippen LogP contribution >= 0.6 is 0 Å². The van der Waals surface area contributed by atoms with E-state index in [4.69, 9.17) is 0 Å². The third-order valence-electron chi connectivity index (χ3n) is 6.06. The maximum atomic E-state index is 4.62. The molecule has 0 fully saturated rings. The average molecular weight is 442 g/mol. The van der Waals surface area contributed by atoms with Gasteiger partial charge in [0.1, 0.15) is 0 Å². The van der Waals surface area contributed by atoms with Crippen molar-refractivity contribution in [2.45, 2.75) is 13.8 Å². The Balaban J connectivity index is 1.53. The molecule has 0 saturated heterocycles. The number of nitrogens with zero attached hydrogens (tertiary/aromatic N) is 3. The van der Waals surface area contributed by atoms with Crippen molar-refractivity contribution in [2.75, 3.05) is 0 Å². The fourth-order valence-electron chi connectivity index (χ4n) is 4.26. The second kappa shape index (κ2) is 9.80. The fourth-order valence-corrected chi connectivity index (χ4v) is 4.26. The van der Waals surface area contributed by atoms with Crippen LogP contribution in [0.3, 0.4) is 0 Å². The van der Waals surface area contributed by atoms with Crippen molar-refractivity contribution in [1.82, 2.24) is 15.0 Å². The summed E-state index contributed by atoms with van der Waals surface area (Å²) < 4.78 is 0. The Hall–Kier alpha value is -4.11. The van der Waals surface area contributed by atoms with Gasteiger partial charge in [-0.2, -0.15) is 0 Å². The van der Waals surface area contributed by atoms with Gasteiger partial charge in [-0.1, -0.05) is 62.4 Å². The lowest BCUT2D eigenvalue weighted by Gasteiger charge is -2.09. The summed E-state index contributed by atoms with van der Waals surface area (Å²) in [5.74, 6) is 0.669. The first-order valence-corrected chi connectivity index (χ1v) is 11.7. The second-order valence-electron chi connectivity index (χ2n) is 8.83. The molecule has 3 heteroatoms. The molecule has 2 aliphatic carbocycles. The first kappa shape index (κ1) is 21.7. The highest BCUT2D eigenvalue weighted by molar-refractivity contribution is 5.91. The molecule has 0 aromatic carbocycles. The quantitative estimate of drug-likeness (QED) is 0.429. The van der Waals surface area contributed by atoms with Crippen molar-refractivity contribution in [1.29, 1.82) is 0 Å². The zero-order valence-corrected chi connectivity index (χ0v) is 19.5. The molecule has 0 unspecified atom stereocenters. The fraction of sp³-hybridized carbons (Fsp3) is 0.129. The number of hydrogen-bond acceptors (Lipinski definition) is 3. The largest absolute Gasteiger partial charge is 0.264 e. The molecular formula is C31H27N3. The van der Waals surface area contributed by atoms with Crippen molar-refractivity contribution >= 4 is 22.3 Å². The number of pyridine rings is 3. The van der Waals surface area contributed by atoms with Gasteiger partial charge in [-0.15, -0.1) is 0 Å². The van der Waals surface area contributed by atoms with Gasteiger partial charge in [0.05, 0.1) is 0 Å². The van der Waals surface area contributed by atoms with Crippen LogP contribution < -0.4 is 0 Å². The lowest BCUT2D eigenvalue weighted by Crippen LogP contribution is -1.91. The molecule has 0 radical (unpaired) electrons. The van der Waals surface area contributed by atoms with Gasteiger partial charge in [-0.25, -0.2) is 0 Å². The first-order valence-electron chi connectivity index (χ1n) is 11.7. The Bertz CT molecular complexity index is 1250. The summed E-state index contributed by atoms with van der Waals surface area (Å²) in [5.41, 5.74) is 9.06. The lowest BCUT2D eigenvalue weighted by atomic mass is 9.97. The van der Waals surface area contributed by atoms with Crippen molar-refractivity contribution < 1.29 is 0 Å². The van der Waals surface area contributed by atoms with Crippen LogP contribution in [-0.4, -0.2) is 15.0 Å². The summed E-state index contributed by atoms with van der Waals surface area (Å²) in [6, 6.07) is 10.4. The zero-order valence-electron chi connectivity index (χ0n) is 19.5. The molecule has 5 rings (SSSR count). The van der Waals surface area contributed by atoms with Crippen LogP contribution in [0.2, 0.25) is 0 Å². The first-order chi connectivity index (χ1) is 16.7. The van der Waals surface area contributed by atoms with Crippen LogP contribution in [0.1, 0.15) is 36.1 Å². The van der Waals surface area contributed by atoms with Gasteiger partial charge in [0.25, 0.3) is 0 Å². The third kappa shape index (κ3) is 4.94. The summed E-state index contributed by atoms with van der Waals surface area (Å²) in [6.45, 7) is 4.40. The SMILES string of the molecule is C[C@@H]1C=CC(c2cncc(C3=CC(c4cccnc4)=C[C@@H](C)C=C3)c2)=CC(c2cccnc2)=C1. The molecule has 0 amide bonds. The average Bonchev–Trinajstić information content (AvgIpc) is 3.21. The molecule has 0 bridgehead atoms. The third-order valence-corrected chi connectivity index (χ3v) is 6.06. The predicted molar refractivity (Wildman–Crippen MR) is 141 cm³/mol. The Morgan fingerprint density at radius 2 is 1.03 bits per heavy atom. The van der Waals surface area contributed by atoms with Gasteiger partial charge in [-0.05, 0) is 75.6 Å². The number of allylic oxidation sites excluding steroid dienone is 12. The second-order valence-corrected chi connectivity index (χ2v) is 8.83. The molecule has 0 N–H and O–H groups in total. The molecule has 3 heterocycles. The molecule has 3 aromatic rings. The minimum atomic E-state index is 0.335. The molecule has 3 aromatic heterocycles. The number of aromatic nitrogens is 3. The van der Waals surface area contributed by atoms with Crippen LogP contribution in [0.15, 0.2) is 116 Å². The van der Waals surface area contributed by atoms with E-state index in [0.29, 0.717) is 11.8 Å². The van der Waals surface area contributed by atoms with Crippen molar-refractivity contribution in [3.8, 4) is 0 Å². The molecule has 34 heavy (non-hydrogen) atoms. The van der Waals surface area contributed by atoms with E-state index >= 15 is 0 Å². The normalized spacial score (nSPS) is 19.9. The van der Waals surface area contributed by atoms with Crippen molar-refractivity contribution in [2.24, 2.45) is 11.8 Å². The Labute approximate surface area is 201 Å². The number of rotatable bonds is 4. The van der Waals surface area contributed by atoms with Gasteiger partial charge in [0.15, 0.2) is 0 Å². The van der Waals surface area contributed by atoms with E-state index in [1.807, 2.05) is 49.3 Å². The minimum Gasteiger partial charge on any atom is -0.264 e. The number of hydrogen-bond donors (Lipinski definition) is 0. The maximum absolute atomic E-state index is 4.62. The van der Waals surface area contributed by atoms with Gasteiger partial charge in [0, 0.05) is 48.3 Å². The summed E-state index contributed by atoms with van der Waals surface area (Å²) in [4.78, 5) is 13.2. The van der Waals surface area contributed by atoms with E-state index in [0.717, 1.165) is 33.4 Å². The Morgan fingerprint density at radius 1 is 0.559 bits per heavy atom. The summed E-state index contributed by atoms with van der Waals surface area (Å²) in [5, 5.41) is 0. The molecule has 0 saturated carbocycles. The monoisotopic (exact) mass is 441 g/mol. The standard InChI is InChI=1S/C31H27N3/c1-22-7-9-24(15-28(13-22)26-5-3-11-32-18-26)30-17-31(21-34-20-30)25-10-8-23(2)14-29(16-25)27-6-4-12-33-19-27/h3-23H,1-2H3/t22-,23+. The van der Waals surface area contributed by atoms with Crippen LogP contribution in [0, 0.1) is 11.8 Å². The van der Waals surface area contributed by atoms with Crippen LogP contribution in [0.5, 0.6) is 0 Å². The zero-order chi connectivity index (χ0) is 23.3. The smallest absolute Gasteiger partial charge is 0.0346 e. The highest BCUT2D eigenvalue weighted by atomic mass is 14.6. The molecular weight excluding hydrogens is 414 g/mol. The maximum Gasteiger partial charge on any atom is 0.0346 e. The summed E-state index contributed by atoms with van der Waals surface area (Å²) in [6.07, 6.45) is 29.2. The van der Waals surface area contributed by atoms with E-state index in [2.05, 4.69) is 95.6 Å².